The van der Waals surface area contributed by atoms with Crippen molar-refractivity contribution in [3.05, 3.63) is 29.6 Å². The van der Waals surface area contributed by atoms with Crippen LogP contribution in [0.15, 0.2) is 18.2 Å². The Bertz CT molecular complexity index is 634. The van der Waals surface area contributed by atoms with E-state index >= 15 is 0 Å². The number of amides is 2. The van der Waals surface area contributed by atoms with Crippen LogP contribution in [0.4, 0.5) is 23.2 Å². The lowest BCUT2D eigenvalue weighted by Crippen LogP contribution is -2.38. The van der Waals surface area contributed by atoms with Gasteiger partial charge in [0.25, 0.3) is 0 Å². The number of halogens is 4. The molecule has 0 saturated carbocycles. The van der Waals surface area contributed by atoms with Crippen molar-refractivity contribution in [3.8, 4) is 0 Å². The lowest BCUT2D eigenvalue weighted by molar-refractivity contribution is -0.140. The summed E-state index contributed by atoms with van der Waals surface area (Å²) in [5.41, 5.74) is -1.81. The molecule has 2 N–H and O–H groups in total. The number of rotatable bonds is 3. The Kier molecular flexibility index (Phi) is 5.43. The van der Waals surface area contributed by atoms with Gasteiger partial charge < -0.3 is 15.5 Å². The molecule has 0 radical (unpaired) electrons. The molecule has 0 spiro atoms. The zero-order chi connectivity index (χ0) is 17.9. The Morgan fingerprint density at radius 2 is 2.00 bits per heavy atom. The van der Waals surface area contributed by atoms with Gasteiger partial charge in [0.05, 0.1) is 5.56 Å². The Morgan fingerprint density at radius 1 is 1.29 bits per heavy atom. The van der Waals surface area contributed by atoms with Crippen LogP contribution in [0.5, 0.6) is 0 Å². The highest BCUT2D eigenvalue weighted by atomic mass is 19.4. The number of likely N-dealkylation sites (tertiary alicyclic amines) is 1. The first-order valence-corrected chi connectivity index (χ1v) is 7.31. The second kappa shape index (κ2) is 7.16. The van der Waals surface area contributed by atoms with Gasteiger partial charge in [0.1, 0.15) is 5.82 Å². The van der Waals surface area contributed by atoms with Gasteiger partial charge >= 0.3 is 18.0 Å². The topological polar surface area (TPSA) is 61.4 Å². The van der Waals surface area contributed by atoms with Crippen LogP contribution in [0, 0.1) is 11.7 Å². The predicted octanol–water partition coefficient (Wildman–Crippen LogP) is 1.85. The van der Waals surface area contributed by atoms with Gasteiger partial charge in [0.15, 0.2) is 0 Å². The second-order valence-corrected chi connectivity index (χ2v) is 5.77. The lowest BCUT2D eigenvalue weighted by atomic mass is 10.1. The molecule has 1 aromatic rings. The smallest absolute Gasteiger partial charge is 0.347 e. The first kappa shape index (κ1) is 18.2. The fraction of sp³-hybridized carbons (Fsp3) is 0.467. The first-order chi connectivity index (χ1) is 11.2. The number of hydrogen-bond donors (Lipinski definition) is 2. The summed E-state index contributed by atoms with van der Waals surface area (Å²) in [6.07, 6.45) is -3.99. The lowest BCUT2D eigenvalue weighted by Gasteiger charge is -2.13. The molecule has 1 atom stereocenters. The monoisotopic (exact) mass is 347 g/mol. The van der Waals surface area contributed by atoms with Crippen molar-refractivity contribution in [2.75, 3.05) is 32.0 Å². The van der Waals surface area contributed by atoms with Crippen LogP contribution in [-0.2, 0) is 15.8 Å². The van der Waals surface area contributed by atoms with Crippen LogP contribution in [0.1, 0.15) is 12.0 Å². The Balaban J connectivity index is 1.93. The quantitative estimate of drug-likeness (QED) is 0.648. The van der Waals surface area contributed by atoms with Gasteiger partial charge in [0.2, 0.25) is 0 Å². The molecule has 2 amide bonds. The summed E-state index contributed by atoms with van der Waals surface area (Å²) in [6, 6.07) is 2.00. The third-order valence-electron chi connectivity index (χ3n) is 3.78. The van der Waals surface area contributed by atoms with E-state index in [4.69, 9.17) is 0 Å². The third kappa shape index (κ3) is 4.67. The molecule has 2 rings (SSSR count). The van der Waals surface area contributed by atoms with Gasteiger partial charge in [-0.15, -0.1) is 0 Å². The normalized spacial score (nSPS) is 18.5. The maximum atomic E-state index is 13.2. The molecule has 0 aromatic heterocycles. The summed E-state index contributed by atoms with van der Waals surface area (Å²) in [5.74, 6) is -3.26. The van der Waals surface area contributed by atoms with Gasteiger partial charge in [-0.1, -0.05) is 0 Å². The maximum Gasteiger partial charge on any atom is 0.419 e. The summed E-state index contributed by atoms with van der Waals surface area (Å²) in [5, 5.41) is 4.48. The molecule has 1 heterocycles. The highest BCUT2D eigenvalue weighted by molar-refractivity contribution is 6.39. The number of anilines is 1. The number of alkyl halides is 3. The molecular weight excluding hydrogens is 330 g/mol. The van der Waals surface area contributed by atoms with E-state index in [-0.39, 0.29) is 11.6 Å². The van der Waals surface area contributed by atoms with Crippen LogP contribution in [0.25, 0.3) is 0 Å². The highest BCUT2D eigenvalue weighted by Crippen LogP contribution is 2.32. The minimum absolute atomic E-state index is 0.231. The summed E-state index contributed by atoms with van der Waals surface area (Å²) < 4.78 is 51.0. The molecule has 0 bridgehead atoms. The number of carbonyl (C=O) groups excluding carboxylic acids is 2. The first-order valence-electron chi connectivity index (χ1n) is 7.31. The van der Waals surface area contributed by atoms with Crippen LogP contribution < -0.4 is 10.6 Å². The summed E-state index contributed by atoms with van der Waals surface area (Å²) in [6.45, 7) is 2.02. The number of hydrogen-bond acceptors (Lipinski definition) is 3. The number of nitrogens with zero attached hydrogens (tertiary/aromatic N) is 1. The summed E-state index contributed by atoms with van der Waals surface area (Å²) in [7, 11) is 1.95. The summed E-state index contributed by atoms with van der Waals surface area (Å²) in [4.78, 5) is 25.5. The molecule has 0 aliphatic carbocycles. The van der Waals surface area contributed by atoms with Crippen LogP contribution in [0.3, 0.4) is 0 Å². The van der Waals surface area contributed by atoms with E-state index < -0.39 is 29.4 Å². The summed E-state index contributed by atoms with van der Waals surface area (Å²) >= 11 is 0. The van der Waals surface area contributed by atoms with Gasteiger partial charge in [-0.25, -0.2) is 4.39 Å². The van der Waals surface area contributed by atoms with Crippen molar-refractivity contribution in [2.24, 2.45) is 5.92 Å². The Morgan fingerprint density at radius 3 is 2.58 bits per heavy atom. The van der Waals surface area contributed by atoms with Gasteiger partial charge in [-0.2, -0.15) is 13.2 Å². The van der Waals surface area contributed by atoms with Gasteiger partial charge in [0, 0.05) is 18.8 Å². The predicted molar refractivity (Wildman–Crippen MR) is 78.6 cm³/mol. The zero-order valence-corrected chi connectivity index (χ0v) is 12.9. The molecule has 24 heavy (non-hydrogen) atoms. The van der Waals surface area contributed by atoms with E-state index in [1.54, 1.807) is 0 Å². The van der Waals surface area contributed by atoms with E-state index in [0.717, 1.165) is 25.6 Å². The molecule has 1 aliphatic rings. The van der Waals surface area contributed by atoms with Crippen molar-refractivity contribution in [1.29, 1.82) is 0 Å². The van der Waals surface area contributed by atoms with E-state index in [1.165, 1.54) is 0 Å². The molecular formula is C15H17F4N3O2. The number of nitrogens with one attached hydrogen (secondary N) is 2. The zero-order valence-electron chi connectivity index (χ0n) is 12.9. The van der Waals surface area contributed by atoms with Crippen molar-refractivity contribution < 1.29 is 27.2 Å². The minimum Gasteiger partial charge on any atom is -0.347 e. The van der Waals surface area contributed by atoms with Crippen LogP contribution in [-0.4, -0.2) is 43.4 Å². The van der Waals surface area contributed by atoms with Gasteiger partial charge in [-0.05, 0) is 44.1 Å². The van der Waals surface area contributed by atoms with Crippen molar-refractivity contribution in [1.82, 2.24) is 10.2 Å². The molecule has 1 aromatic carbocycles. The largest absolute Gasteiger partial charge is 0.419 e. The number of carbonyl (C=O) groups is 2. The Hall–Kier alpha value is -2.16. The fourth-order valence-corrected chi connectivity index (χ4v) is 2.52. The fourth-order valence-electron chi connectivity index (χ4n) is 2.52. The maximum absolute atomic E-state index is 13.2. The average molecular weight is 347 g/mol. The molecule has 5 nitrogen and oxygen atoms in total. The highest BCUT2D eigenvalue weighted by Gasteiger charge is 2.34. The third-order valence-corrected chi connectivity index (χ3v) is 3.78. The minimum atomic E-state index is -4.89. The van der Waals surface area contributed by atoms with Crippen LogP contribution >= 0.6 is 0 Å². The second-order valence-electron chi connectivity index (χ2n) is 5.77. The van der Waals surface area contributed by atoms with Crippen molar-refractivity contribution in [3.63, 3.8) is 0 Å². The molecule has 1 saturated heterocycles. The van der Waals surface area contributed by atoms with E-state index in [1.807, 2.05) is 12.4 Å². The average Bonchev–Trinajstić information content (AvgIpc) is 2.91. The van der Waals surface area contributed by atoms with Gasteiger partial charge in [-0.3, -0.25) is 9.59 Å². The van der Waals surface area contributed by atoms with E-state index in [0.29, 0.717) is 18.7 Å². The van der Waals surface area contributed by atoms with E-state index in [9.17, 15) is 27.2 Å². The molecule has 132 valence electrons. The molecule has 1 aliphatic heterocycles. The van der Waals surface area contributed by atoms with Crippen molar-refractivity contribution >= 4 is 17.5 Å². The Labute approximate surface area is 136 Å². The molecule has 1 fully saturated rings. The molecule has 0 unspecified atom stereocenters. The van der Waals surface area contributed by atoms with E-state index in [2.05, 4.69) is 10.2 Å². The number of benzene rings is 1. The van der Waals surface area contributed by atoms with Crippen molar-refractivity contribution in [2.45, 2.75) is 12.6 Å². The van der Waals surface area contributed by atoms with Crippen LogP contribution in [0.2, 0.25) is 0 Å². The molecule has 9 heteroatoms. The SMILES string of the molecule is CN1CC[C@@H](CNC(=O)C(=O)Nc2ccc(F)c(C(F)(F)F)c2)C1. The standard InChI is InChI=1S/C15H17F4N3O2/c1-22-5-4-9(8-22)7-20-13(23)14(24)21-10-2-3-12(16)11(6-10)15(17,18)19/h2-3,6,9H,4-5,7-8H2,1H3,(H,20,23)(H,21,24)/t9-/m0/s1.